The second kappa shape index (κ2) is 10.6. The number of nitrogen functional groups attached to an aromatic ring is 1. The van der Waals surface area contributed by atoms with Gasteiger partial charge in [-0.1, -0.05) is 67.6 Å². The number of carbonyl (C=O) groups is 1. The van der Waals surface area contributed by atoms with Crippen molar-refractivity contribution < 1.29 is 13.2 Å². The minimum atomic E-state index is -3.85. The van der Waals surface area contributed by atoms with E-state index in [1.807, 2.05) is 49.1 Å². The Balaban J connectivity index is 1.80. The molecule has 3 rings (SSSR count). The van der Waals surface area contributed by atoms with Crippen molar-refractivity contribution in [2.24, 2.45) is 10.9 Å². The van der Waals surface area contributed by atoms with E-state index in [2.05, 4.69) is 0 Å². The summed E-state index contributed by atoms with van der Waals surface area (Å²) in [5.74, 6) is -0.0207. The molecule has 1 atom stereocenters. The van der Waals surface area contributed by atoms with Crippen LogP contribution in [0.5, 0.6) is 0 Å². The Kier molecular flexibility index (Phi) is 7.86. The Morgan fingerprint density at radius 3 is 2.29 bits per heavy atom. The average Bonchev–Trinajstić information content (AvgIpc) is 2.82. The monoisotopic (exact) mass is 478 g/mol. The first-order valence-corrected chi connectivity index (χ1v) is 12.6. The predicted molar refractivity (Wildman–Crippen MR) is 135 cm³/mol. The molecule has 0 fully saturated rings. The average molecular weight is 479 g/mol. The summed E-state index contributed by atoms with van der Waals surface area (Å²) in [4.78, 5) is 15.1. The number of sulfonamides is 1. The van der Waals surface area contributed by atoms with Gasteiger partial charge < -0.3 is 10.6 Å². The van der Waals surface area contributed by atoms with Crippen molar-refractivity contribution in [3.8, 4) is 11.1 Å². The van der Waals surface area contributed by atoms with Crippen LogP contribution in [0.2, 0.25) is 0 Å². The maximum atomic E-state index is 13.2. The molecule has 3 aromatic carbocycles. The molecule has 0 radical (unpaired) electrons. The second-order valence-electron chi connectivity index (χ2n) is 8.31. The van der Waals surface area contributed by atoms with Crippen molar-refractivity contribution >= 4 is 21.8 Å². The molecule has 8 heteroatoms. The van der Waals surface area contributed by atoms with E-state index >= 15 is 0 Å². The minimum absolute atomic E-state index is 0.00707. The summed E-state index contributed by atoms with van der Waals surface area (Å²) < 4.78 is 23.8. The molecular weight excluding hydrogens is 448 g/mol. The largest absolute Gasteiger partial charge is 0.384 e. The molecule has 0 aromatic heterocycles. The quantitative estimate of drug-likeness (QED) is 0.320. The number of primary sulfonamides is 1. The van der Waals surface area contributed by atoms with Crippen LogP contribution in [0.4, 0.5) is 0 Å². The van der Waals surface area contributed by atoms with Crippen molar-refractivity contribution in [3.63, 3.8) is 0 Å². The third-order valence-corrected chi connectivity index (χ3v) is 6.82. The number of amidine groups is 1. The number of amides is 1. The molecule has 3 aromatic rings. The van der Waals surface area contributed by atoms with Crippen molar-refractivity contribution in [3.05, 3.63) is 89.5 Å². The summed E-state index contributed by atoms with van der Waals surface area (Å²) in [5, 5.41) is 13.0. The van der Waals surface area contributed by atoms with Crippen molar-refractivity contribution in [1.29, 1.82) is 5.41 Å². The van der Waals surface area contributed by atoms with Crippen molar-refractivity contribution in [1.82, 2.24) is 4.90 Å². The number of benzene rings is 3. The van der Waals surface area contributed by atoms with Gasteiger partial charge in [-0.3, -0.25) is 10.2 Å². The highest BCUT2D eigenvalue weighted by Crippen LogP contribution is 2.27. The molecule has 0 aliphatic heterocycles. The molecule has 1 unspecified atom stereocenters. The van der Waals surface area contributed by atoms with Crippen LogP contribution in [0.15, 0.2) is 77.7 Å². The third-order valence-electron chi connectivity index (χ3n) is 5.85. The summed E-state index contributed by atoms with van der Waals surface area (Å²) in [6, 6.07) is 21.2. The fourth-order valence-electron chi connectivity index (χ4n) is 3.78. The van der Waals surface area contributed by atoms with Gasteiger partial charge in [-0.15, -0.1) is 0 Å². The first-order valence-electron chi connectivity index (χ1n) is 11.0. The number of nitrogens with two attached hydrogens (primary N) is 2. The van der Waals surface area contributed by atoms with Crippen molar-refractivity contribution in [2.45, 2.75) is 44.2 Å². The number of nitrogens with zero attached hydrogens (tertiary/aromatic N) is 1. The smallest absolute Gasteiger partial charge is 0.238 e. The van der Waals surface area contributed by atoms with Crippen LogP contribution in [-0.4, -0.2) is 31.1 Å². The van der Waals surface area contributed by atoms with Gasteiger partial charge >= 0.3 is 0 Å². The summed E-state index contributed by atoms with van der Waals surface area (Å²) in [5.41, 5.74) is 9.21. The van der Waals surface area contributed by atoms with E-state index in [1.165, 1.54) is 6.07 Å². The van der Waals surface area contributed by atoms with Crippen LogP contribution in [0.1, 0.15) is 37.0 Å². The SMILES string of the molecule is CCC(C)N(Cc1cccc(C(=N)N)c1)C(=O)Cc1ccc(-c2ccccc2S(N)(=O)=O)cc1. The molecule has 178 valence electrons. The van der Waals surface area contributed by atoms with Crippen LogP contribution in [0.25, 0.3) is 11.1 Å². The Morgan fingerprint density at radius 2 is 1.68 bits per heavy atom. The van der Waals surface area contributed by atoms with Crippen LogP contribution in [-0.2, 0) is 27.8 Å². The van der Waals surface area contributed by atoms with Gasteiger partial charge in [0.2, 0.25) is 15.9 Å². The lowest BCUT2D eigenvalue weighted by molar-refractivity contribution is -0.133. The maximum absolute atomic E-state index is 13.2. The Morgan fingerprint density at radius 1 is 1.00 bits per heavy atom. The van der Waals surface area contributed by atoms with Gasteiger partial charge in [-0.25, -0.2) is 13.6 Å². The van der Waals surface area contributed by atoms with Gasteiger partial charge in [0.05, 0.1) is 11.3 Å². The van der Waals surface area contributed by atoms with Gasteiger partial charge in [0.25, 0.3) is 0 Å². The van der Waals surface area contributed by atoms with E-state index in [1.54, 1.807) is 36.4 Å². The van der Waals surface area contributed by atoms with Gasteiger partial charge in [0.1, 0.15) is 5.84 Å². The minimum Gasteiger partial charge on any atom is -0.384 e. The van der Waals surface area contributed by atoms with Crippen LogP contribution in [0, 0.1) is 5.41 Å². The molecule has 0 saturated carbocycles. The van der Waals surface area contributed by atoms with Crippen LogP contribution in [0.3, 0.4) is 0 Å². The van der Waals surface area contributed by atoms with Gasteiger partial charge in [-0.2, -0.15) is 0 Å². The Bertz CT molecular complexity index is 1290. The molecule has 0 aliphatic carbocycles. The fourth-order valence-corrected chi connectivity index (χ4v) is 4.54. The lowest BCUT2D eigenvalue weighted by atomic mass is 10.0. The highest BCUT2D eigenvalue weighted by molar-refractivity contribution is 7.89. The lowest BCUT2D eigenvalue weighted by Gasteiger charge is -2.29. The highest BCUT2D eigenvalue weighted by atomic mass is 32.2. The highest BCUT2D eigenvalue weighted by Gasteiger charge is 2.20. The number of carbonyl (C=O) groups excluding carboxylic acids is 1. The van der Waals surface area contributed by atoms with Crippen molar-refractivity contribution in [2.75, 3.05) is 0 Å². The van der Waals surface area contributed by atoms with E-state index < -0.39 is 10.0 Å². The zero-order valence-electron chi connectivity index (χ0n) is 19.4. The molecule has 0 bridgehead atoms. The molecule has 34 heavy (non-hydrogen) atoms. The first kappa shape index (κ1) is 25.1. The molecule has 0 spiro atoms. The summed E-state index contributed by atoms with van der Waals surface area (Å²) in [6.45, 7) is 4.48. The molecule has 0 aliphatic rings. The van der Waals surface area contributed by atoms with Crippen LogP contribution < -0.4 is 10.9 Å². The molecule has 5 N–H and O–H groups in total. The van der Waals surface area contributed by atoms with E-state index in [4.69, 9.17) is 16.3 Å². The summed E-state index contributed by atoms with van der Waals surface area (Å²) in [7, 11) is -3.85. The third kappa shape index (κ3) is 6.09. The first-order chi connectivity index (χ1) is 16.1. The summed E-state index contributed by atoms with van der Waals surface area (Å²) >= 11 is 0. The molecule has 7 nitrogen and oxygen atoms in total. The van der Waals surface area contributed by atoms with Crippen LogP contribution >= 0.6 is 0 Å². The van der Waals surface area contributed by atoms with Gasteiger partial charge in [-0.05, 0) is 42.2 Å². The number of hydrogen-bond acceptors (Lipinski definition) is 4. The second-order valence-corrected chi connectivity index (χ2v) is 9.84. The van der Waals surface area contributed by atoms with Gasteiger partial charge in [0, 0.05) is 23.7 Å². The number of rotatable bonds is 9. The fraction of sp³-hybridized carbons (Fsp3) is 0.231. The van der Waals surface area contributed by atoms with Gasteiger partial charge in [0.15, 0.2) is 0 Å². The van der Waals surface area contributed by atoms with E-state index in [9.17, 15) is 13.2 Å². The zero-order chi connectivity index (χ0) is 24.9. The number of hydrogen-bond donors (Lipinski definition) is 3. The molecule has 1 amide bonds. The Labute approximate surface area is 201 Å². The number of nitrogens with one attached hydrogen (secondary N) is 1. The van der Waals surface area contributed by atoms with E-state index in [-0.39, 0.29) is 29.1 Å². The molecular formula is C26H30N4O3S. The van der Waals surface area contributed by atoms with E-state index in [0.29, 0.717) is 23.2 Å². The normalized spacial score (nSPS) is 12.2. The standard InChI is InChI=1S/C26H30N4O3S/c1-3-18(2)30(17-20-7-6-8-22(15-20)26(27)28)25(31)16-19-11-13-21(14-12-19)23-9-4-5-10-24(23)34(29,32)33/h4-15,18H,3,16-17H2,1-2H3,(H3,27,28)(H2,29,32,33). The lowest BCUT2D eigenvalue weighted by Crippen LogP contribution is -2.38. The topological polar surface area (TPSA) is 130 Å². The molecule has 0 saturated heterocycles. The van der Waals surface area contributed by atoms with E-state index in [0.717, 1.165) is 17.5 Å². The molecule has 0 heterocycles. The maximum Gasteiger partial charge on any atom is 0.238 e. The summed E-state index contributed by atoms with van der Waals surface area (Å²) in [6.07, 6.45) is 1.02. The zero-order valence-corrected chi connectivity index (χ0v) is 20.2. The Hall–Kier alpha value is -3.49. The predicted octanol–water partition coefficient (Wildman–Crippen LogP) is 3.65.